The molecule has 148 valence electrons. The maximum Gasteiger partial charge on any atom is 0.242 e. The maximum absolute atomic E-state index is 11.8. The van der Waals surface area contributed by atoms with Crippen molar-refractivity contribution in [1.29, 1.82) is 0 Å². The number of halogens is 1. The second-order valence-corrected chi connectivity index (χ2v) is 6.62. The minimum absolute atomic E-state index is 0. The summed E-state index contributed by atoms with van der Waals surface area (Å²) in [4.78, 5) is 20.7. The Bertz CT molecular complexity index is 784. The lowest BCUT2D eigenvalue weighted by Gasteiger charge is -2.12. The van der Waals surface area contributed by atoms with Gasteiger partial charge in [0.2, 0.25) is 5.91 Å². The molecule has 2 aromatic rings. The summed E-state index contributed by atoms with van der Waals surface area (Å²) in [5.41, 5.74) is 2.21. The Labute approximate surface area is 177 Å². The van der Waals surface area contributed by atoms with Gasteiger partial charge in [0.05, 0.1) is 11.0 Å². The lowest BCUT2D eigenvalue weighted by molar-refractivity contribution is -0.119. The van der Waals surface area contributed by atoms with Gasteiger partial charge >= 0.3 is 0 Å². The number of para-hydroxylation sites is 2. The van der Waals surface area contributed by atoms with Crippen LogP contribution in [0.15, 0.2) is 29.3 Å². The molecule has 0 atom stereocenters. The zero-order chi connectivity index (χ0) is 18.4. The Morgan fingerprint density at radius 1 is 1.30 bits per heavy atom. The van der Waals surface area contributed by atoms with Crippen molar-refractivity contribution in [1.82, 2.24) is 25.5 Å². The van der Waals surface area contributed by atoms with E-state index in [4.69, 9.17) is 0 Å². The van der Waals surface area contributed by atoms with Gasteiger partial charge in [-0.25, -0.2) is 9.98 Å². The van der Waals surface area contributed by atoms with E-state index in [0.29, 0.717) is 12.0 Å². The van der Waals surface area contributed by atoms with Crippen LogP contribution in [0, 0.1) is 6.92 Å². The average Bonchev–Trinajstić information content (AvgIpc) is 3.38. The topological polar surface area (TPSA) is 83.3 Å². The van der Waals surface area contributed by atoms with E-state index in [2.05, 4.69) is 36.6 Å². The van der Waals surface area contributed by atoms with Gasteiger partial charge in [-0.2, -0.15) is 0 Å². The predicted molar refractivity (Wildman–Crippen MR) is 120 cm³/mol. The van der Waals surface area contributed by atoms with Gasteiger partial charge in [-0.3, -0.25) is 4.79 Å². The van der Waals surface area contributed by atoms with Crippen LogP contribution in [0.1, 0.15) is 32.0 Å². The van der Waals surface area contributed by atoms with E-state index < -0.39 is 0 Å². The third-order valence-corrected chi connectivity index (χ3v) is 4.36. The highest BCUT2D eigenvalue weighted by Gasteiger charge is 2.22. The number of amides is 1. The van der Waals surface area contributed by atoms with Crippen LogP contribution in [-0.4, -0.2) is 47.1 Å². The molecule has 0 spiro atoms. The summed E-state index contributed by atoms with van der Waals surface area (Å²) in [5, 5.41) is 9.43. The molecule has 1 aliphatic carbocycles. The second-order valence-electron chi connectivity index (χ2n) is 6.62. The number of rotatable bonds is 8. The number of nitrogens with one attached hydrogen (secondary N) is 3. The number of carbonyl (C=O) groups is 1. The highest BCUT2D eigenvalue weighted by atomic mass is 127. The van der Waals surface area contributed by atoms with E-state index >= 15 is 0 Å². The third-order valence-electron chi connectivity index (χ3n) is 4.36. The Kier molecular flexibility index (Phi) is 8.33. The molecule has 27 heavy (non-hydrogen) atoms. The van der Waals surface area contributed by atoms with E-state index in [1.54, 1.807) is 0 Å². The summed E-state index contributed by atoms with van der Waals surface area (Å²) in [6.07, 6.45) is 3.13. The van der Waals surface area contributed by atoms with Crippen LogP contribution in [0.2, 0.25) is 0 Å². The largest absolute Gasteiger partial charge is 0.357 e. The van der Waals surface area contributed by atoms with Gasteiger partial charge in [-0.1, -0.05) is 12.1 Å². The molecule has 0 radical (unpaired) electrons. The quantitative estimate of drug-likeness (QED) is 0.232. The normalized spacial score (nSPS) is 13.9. The number of fused-ring (bicyclic) bond motifs is 1. The number of nitrogens with zero attached hydrogens (tertiary/aromatic N) is 3. The summed E-state index contributed by atoms with van der Waals surface area (Å²) < 4.78 is 2.24. The zero-order valence-corrected chi connectivity index (χ0v) is 18.3. The van der Waals surface area contributed by atoms with Crippen LogP contribution in [-0.2, 0) is 11.3 Å². The van der Waals surface area contributed by atoms with Gasteiger partial charge in [0.25, 0.3) is 0 Å². The van der Waals surface area contributed by atoms with Crippen LogP contribution in [0.5, 0.6) is 0 Å². The van der Waals surface area contributed by atoms with Crippen LogP contribution < -0.4 is 16.0 Å². The maximum atomic E-state index is 11.8. The molecule has 1 aliphatic rings. The van der Waals surface area contributed by atoms with Crippen molar-refractivity contribution < 1.29 is 4.79 Å². The lowest BCUT2D eigenvalue weighted by atomic mass is 10.3. The fourth-order valence-corrected chi connectivity index (χ4v) is 2.92. The van der Waals surface area contributed by atoms with Crippen molar-refractivity contribution in [3.05, 3.63) is 30.1 Å². The molecule has 3 N–H and O–H groups in total. The van der Waals surface area contributed by atoms with Gasteiger partial charge in [-0.05, 0) is 45.2 Å². The molecule has 1 aromatic heterocycles. The Hall–Kier alpha value is -1.84. The van der Waals surface area contributed by atoms with E-state index in [-0.39, 0.29) is 36.4 Å². The summed E-state index contributed by atoms with van der Waals surface area (Å²) in [5.74, 6) is 1.71. The SMILES string of the molecule is CCNC(=NCC(=O)NC1CC1)NCCCn1c(C)nc2ccccc21.I. The Morgan fingerprint density at radius 2 is 2.07 bits per heavy atom. The van der Waals surface area contributed by atoms with E-state index in [1.807, 2.05) is 32.0 Å². The lowest BCUT2D eigenvalue weighted by Crippen LogP contribution is -2.39. The van der Waals surface area contributed by atoms with Crippen molar-refractivity contribution in [2.24, 2.45) is 4.99 Å². The van der Waals surface area contributed by atoms with Crippen LogP contribution in [0.25, 0.3) is 11.0 Å². The predicted octanol–water partition coefficient (Wildman–Crippen LogP) is 2.19. The molecule has 0 saturated heterocycles. The smallest absolute Gasteiger partial charge is 0.242 e. The van der Waals surface area contributed by atoms with E-state index in [9.17, 15) is 4.79 Å². The molecule has 0 bridgehead atoms. The Morgan fingerprint density at radius 3 is 2.81 bits per heavy atom. The van der Waals surface area contributed by atoms with Gasteiger partial charge in [0.1, 0.15) is 12.4 Å². The molecule has 1 saturated carbocycles. The first kappa shape index (κ1) is 21.5. The van der Waals surface area contributed by atoms with E-state index in [0.717, 1.165) is 50.2 Å². The van der Waals surface area contributed by atoms with Crippen molar-refractivity contribution >= 4 is 46.9 Å². The first-order valence-corrected chi connectivity index (χ1v) is 9.40. The number of hydrogen-bond donors (Lipinski definition) is 3. The fourth-order valence-electron chi connectivity index (χ4n) is 2.92. The molecule has 8 heteroatoms. The van der Waals surface area contributed by atoms with Crippen molar-refractivity contribution in [3.63, 3.8) is 0 Å². The number of carbonyl (C=O) groups excluding carboxylic acids is 1. The minimum atomic E-state index is -0.00906. The molecule has 0 unspecified atom stereocenters. The summed E-state index contributed by atoms with van der Waals surface area (Å²) in [6, 6.07) is 8.58. The Balaban J connectivity index is 0.00000261. The second kappa shape index (κ2) is 10.5. The molecule has 3 rings (SSSR count). The van der Waals surface area contributed by atoms with Crippen molar-refractivity contribution in [2.45, 2.75) is 45.7 Å². The van der Waals surface area contributed by atoms with Gasteiger partial charge < -0.3 is 20.5 Å². The number of imidazole rings is 1. The van der Waals surface area contributed by atoms with E-state index in [1.165, 1.54) is 5.52 Å². The van der Waals surface area contributed by atoms with Gasteiger partial charge in [0, 0.05) is 25.7 Å². The average molecular weight is 484 g/mol. The van der Waals surface area contributed by atoms with Gasteiger partial charge in [-0.15, -0.1) is 24.0 Å². The van der Waals surface area contributed by atoms with Gasteiger partial charge in [0.15, 0.2) is 5.96 Å². The number of aromatic nitrogens is 2. The van der Waals surface area contributed by atoms with Crippen LogP contribution >= 0.6 is 24.0 Å². The standard InChI is InChI=1S/C19H28N6O.HI/c1-3-20-19(22-13-18(26)24-15-9-10-15)21-11-6-12-25-14(2)23-16-7-4-5-8-17(16)25;/h4-5,7-8,15H,3,6,9-13H2,1-2H3,(H,24,26)(H2,20,21,22);1H. The van der Waals surface area contributed by atoms with Crippen molar-refractivity contribution in [3.8, 4) is 0 Å². The third kappa shape index (κ3) is 6.37. The monoisotopic (exact) mass is 484 g/mol. The van der Waals surface area contributed by atoms with Crippen molar-refractivity contribution in [2.75, 3.05) is 19.6 Å². The molecule has 1 heterocycles. The van der Waals surface area contributed by atoms with Crippen LogP contribution in [0.4, 0.5) is 0 Å². The zero-order valence-electron chi connectivity index (χ0n) is 16.0. The number of guanidine groups is 1. The molecule has 7 nitrogen and oxygen atoms in total. The molecular formula is C19H29IN6O. The fraction of sp³-hybridized carbons (Fsp3) is 0.526. The number of hydrogen-bond acceptors (Lipinski definition) is 3. The molecule has 0 aliphatic heterocycles. The summed E-state index contributed by atoms with van der Waals surface area (Å²) in [6.45, 7) is 6.65. The summed E-state index contributed by atoms with van der Waals surface area (Å²) >= 11 is 0. The number of benzene rings is 1. The number of aryl methyl sites for hydroxylation is 2. The summed E-state index contributed by atoms with van der Waals surface area (Å²) in [7, 11) is 0. The first-order chi connectivity index (χ1) is 12.7. The molecule has 1 amide bonds. The molecule has 1 fully saturated rings. The highest BCUT2D eigenvalue weighted by molar-refractivity contribution is 14.0. The van der Waals surface area contributed by atoms with Crippen LogP contribution in [0.3, 0.4) is 0 Å². The number of aliphatic imine (C=N–C) groups is 1. The molecular weight excluding hydrogens is 455 g/mol. The highest BCUT2D eigenvalue weighted by Crippen LogP contribution is 2.18. The minimum Gasteiger partial charge on any atom is -0.357 e. The molecule has 1 aromatic carbocycles. The first-order valence-electron chi connectivity index (χ1n) is 9.40.